The summed E-state index contributed by atoms with van der Waals surface area (Å²) < 4.78 is 42.9. The second-order valence-electron chi connectivity index (χ2n) is 8.85. The number of nitrogens with two attached hydrogens (primary N) is 1. The number of methoxy groups -OCH3 is 1. The molecule has 0 amide bonds. The third-order valence-electron chi connectivity index (χ3n) is 6.81. The Morgan fingerprint density at radius 3 is 2.79 bits per heavy atom. The predicted molar refractivity (Wildman–Crippen MR) is 146 cm³/mol. The summed E-state index contributed by atoms with van der Waals surface area (Å²) in [6.07, 6.45) is 3.44. The van der Waals surface area contributed by atoms with Gasteiger partial charge in [-0.1, -0.05) is 23.7 Å². The number of hydrogen-bond acceptors (Lipinski definition) is 9. The van der Waals surface area contributed by atoms with Crippen molar-refractivity contribution in [1.29, 1.82) is 5.26 Å². The van der Waals surface area contributed by atoms with Crippen LogP contribution in [0, 0.1) is 23.0 Å². The van der Waals surface area contributed by atoms with E-state index < -0.39 is 11.6 Å². The number of thiophene rings is 1. The zero-order chi connectivity index (χ0) is 27.4. The van der Waals surface area contributed by atoms with Crippen molar-refractivity contribution in [3.63, 3.8) is 0 Å². The minimum absolute atomic E-state index is 0.0456. The van der Waals surface area contributed by atoms with Crippen LogP contribution in [0.4, 0.5) is 19.6 Å². The highest BCUT2D eigenvalue weighted by atomic mass is 35.5. The quantitative estimate of drug-likeness (QED) is 0.272. The van der Waals surface area contributed by atoms with E-state index in [0.29, 0.717) is 12.4 Å². The van der Waals surface area contributed by atoms with Crippen LogP contribution in [-0.2, 0) is 0 Å². The molecule has 6 rings (SSSR count). The van der Waals surface area contributed by atoms with Crippen molar-refractivity contribution in [2.75, 3.05) is 30.9 Å². The molecule has 3 aromatic heterocycles. The second kappa shape index (κ2) is 9.48. The van der Waals surface area contributed by atoms with Gasteiger partial charge in [-0.25, -0.2) is 8.78 Å². The molecule has 0 fully saturated rings. The molecule has 0 saturated carbocycles. The van der Waals surface area contributed by atoms with Crippen molar-refractivity contribution in [3.05, 3.63) is 64.4 Å². The fraction of sp³-hybridized carbons (Fsp3) is 0.185. The number of aromatic nitrogens is 3. The first-order valence-corrected chi connectivity index (χ1v) is 13.0. The van der Waals surface area contributed by atoms with Gasteiger partial charge in [-0.15, -0.1) is 11.3 Å². The maximum atomic E-state index is 16.6. The van der Waals surface area contributed by atoms with Gasteiger partial charge < -0.3 is 20.1 Å². The molecule has 0 saturated heterocycles. The molecule has 1 aliphatic rings. The summed E-state index contributed by atoms with van der Waals surface area (Å²) in [5, 5.41) is 10.3. The number of anilines is 2. The highest BCUT2D eigenvalue weighted by molar-refractivity contribution is 7.23. The molecule has 0 bridgehead atoms. The van der Waals surface area contributed by atoms with E-state index in [0.717, 1.165) is 16.9 Å². The highest BCUT2D eigenvalue weighted by Crippen LogP contribution is 2.51. The molecule has 12 heteroatoms. The van der Waals surface area contributed by atoms with Crippen molar-refractivity contribution >= 4 is 54.7 Å². The van der Waals surface area contributed by atoms with E-state index in [4.69, 9.17) is 26.8 Å². The molecule has 39 heavy (non-hydrogen) atoms. The second-order valence-corrected chi connectivity index (χ2v) is 10.3. The number of nitrogen functional groups attached to an aromatic ring is 1. The van der Waals surface area contributed by atoms with E-state index in [1.54, 1.807) is 12.4 Å². The Labute approximate surface area is 230 Å². The fourth-order valence-corrected chi connectivity index (χ4v) is 6.23. The Bertz CT molecular complexity index is 1830. The molecule has 196 valence electrons. The van der Waals surface area contributed by atoms with Crippen LogP contribution in [-0.4, -0.2) is 35.2 Å². The van der Waals surface area contributed by atoms with E-state index in [2.05, 4.69) is 15.0 Å². The molecule has 8 nitrogen and oxygen atoms in total. The predicted octanol–water partition coefficient (Wildman–Crippen LogP) is 6.26. The van der Waals surface area contributed by atoms with Gasteiger partial charge in [0.25, 0.3) is 0 Å². The molecule has 0 aliphatic carbocycles. The van der Waals surface area contributed by atoms with Crippen LogP contribution in [0.3, 0.4) is 0 Å². The Morgan fingerprint density at radius 1 is 1.26 bits per heavy atom. The van der Waals surface area contributed by atoms with Gasteiger partial charge in [-0.3, -0.25) is 4.98 Å². The Hall–Kier alpha value is -4.27. The smallest absolute Gasteiger partial charge is 0.318 e. The average molecular weight is 565 g/mol. The normalized spacial score (nSPS) is 13.7. The summed E-state index contributed by atoms with van der Waals surface area (Å²) in [5.74, 6) is -0.803. The average Bonchev–Trinajstić information content (AvgIpc) is 3.17. The first-order valence-electron chi connectivity index (χ1n) is 11.8. The maximum Gasteiger partial charge on any atom is 0.318 e. The van der Waals surface area contributed by atoms with E-state index in [1.165, 1.54) is 19.2 Å². The molecule has 1 aliphatic heterocycles. The van der Waals surface area contributed by atoms with Crippen LogP contribution in [0.2, 0.25) is 5.02 Å². The lowest BCUT2D eigenvalue weighted by Crippen LogP contribution is -2.31. The Balaban J connectivity index is 1.68. The zero-order valence-corrected chi connectivity index (χ0v) is 22.2. The van der Waals surface area contributed by atoms with Crippen molar-refractivity contribution < 1.29 is 18.3 Å². The lowest BCUT2D eigenvalue weighted by atomic mass is 9.96. The highest BCUT2D eigenvalue weighted by Gasteiger charge is 2.33. The minimum Gasteiger partial charge on any atom is -0.489 e. The third kappa shape index (κ3) is 3.78. The van der Waals surface area contributed by atoms with Crippen LogP contribution >= 0.6 is 22.9 Å². The summed E-state index contributed by atoms with van der Waals surface area (Å²) >= 11 is 7.80. The summed E-state index contributed by atoms with van der Waals surface area (Å²) in [6, 6.07) is 8.09. The SMILES string of the molecule is COc1nc2c3c(c(Cl)c(-c4ccc(F)c5sc(N)c(C#N)c45)c(F)c3n1)OCCN2[C@H](C)c1cccnc1. The van der Waals surface area contributed by atoms with Crippen LogP contribution < -0.4 is 20.1 Å². The summed E-state index contributed by atoms with van der Waals surface area (Å²) in [6.45, 7) is 2.58. The summed E-state index contributed by atoms with van der Waals surface area (Å²) in [7, 11) is 1.39. The standard InChI is InChI=1S/C27H19ClF2N6O2S/c1-12(13-4-3-7-33-11-13)36-8-9-38-23-19-22(34-27(37-2)35-26(19)36)21(30)18(20(23)28)14-5-6-16(29)24-17(14)15(10-31)25(32)39-24/h3-7,11-12H,8-9,32H2,1-2H3/t12-/m1/s1. The van der Waals surface area contributed by atoms with Crippen molar-refractivity contribution in [2.24, 2.45) is 0 Å². The van der Waals surface area contributed by atoms with Gasteiger partial charge in [-0.05, 0) is 30.2 Å². The molecule has 0 spiro atoms. The molecule has 5 aromatic rings. The summed E-state index contributed by atoms with van der Waals surface area (Å²) in [4.78, 5) is 15.1. The molecule has 2 N–H and O–H groups in total. The molecule has 0 radical (unpaired) electrons. The number of nitrogens with zero attached hydrogens (tertiary/aromatic N) is 5. The zero-order valence-electron chi connectivity index (χ0n) is 20.6. The number of ether oxygens (including phenoxy) is 2. The number of hydrogen-bond donors (Lipinski definition) is 1. The fourth-order valence-electron chi connectivity index (χ4n) is 4.95. The van der Waals surface area contributed by atoms with E-state index in [-0.39, 0.29) is 72.1 Å². The van der Waals surface area contributed by atoms with Crippen LogP contribution in [0.5, 0.6) is 11.8 Å². The monoisotopic (exact) mass is 564 g/mol. The number of halogens is 3. The van der Waals surface area contributed by atoms with Crippen molar-refractivity contribution in [3.8, 4) is 29.0 Å². The molecular formula is C27H19ClF2N6O2S. The molecular weight excluding hydrogens is 546 g/mol. The largest absolute Gasteiger partial charge is 0.489 e. The van der Waals surface area contributed by atoms with Gasteiger partial charge in [0.2, 0.25) is 0 Å². The van der Waals surface area contributed by atoms with Gasteiger partial charge in [0.15, 0.2) is 11.6 Å². The topological polar surface area (TPSA) is 110 Å². The van der Waals surface area contributed by atoms with Gasteiger partial charge in [0.05, 0.1) is 40.4 Å². The third-order valence-corrected chi connectivity index (χ3v) is 8.20. The number of fused-ring (bicyclic) bond motifs is 1. The number of nitriles is 1. The Kier molecular flexibility index (Phi) is 6.09. The van der Waals surface area contributed by atoms with Crippen LogP contribution in [0.15, 0.2) is 36.7 Å². The van der Waals surface area contributed by atoms with Crippen molar-refractivity contribution in [2.45, 2.75) is 13.0 Å². The van der Waals surface area contributed by atoms with Crippen LogP contribution in [0.25, 0.3) is 32.1 Å². The molecule has 2 aromatic carbocycles. The maximum absolute atomic E-state index is 16.6. The summed E-state index contributed by atoms with van der Waals surface area (Å²) in [5.41, 5.74) is 7.00. The van der Waals surface area contributed by atoms with Gasteiger partial charge in [0, 0.05) is 23.3 Å². The van der Waals surface area contributed by atoms with Crippen molar-refractivity contribution in [1.82, 2.24) is 15.0 Å². The van der Waals surface area contributed by atoms with Gasteiger partial charge in [0.1, 0.15) is 34.8 Å². The van der Waals surface area contributed by atoms with Gasteiger partial charge >= 0.3 is 6.01 Å². The first-order chi connectivity index (χ1) is 18.8. The molecule has 0 unspecified atom stereocenters. The molecule has 1 atom stereocenters. The van der Waals surface area contributed by atoms with E-state index in [1.807, 2.05) is 30.0 Å². The van der Waals surface area contributed by atoms with E-state index in [9.17, 15) is 9.65 Å². The Morgan fingerprint density at radius 2 is 2.08 bits per heavy atom. The lowest BCUT2D eigenvalue weighted by Gasteiger charge is -2.29. The van der Waals surface area contributed by atoms with Gasteiger partial charge in [-0.2, -0.15) is 15.2 Å². The minimum atomic E-state index is -0.790. The number of rotatable bonds is 4. The first kappa shape index (κ1) is 25.0. The number of benzene rings is 2. The van der Waals surface area contributed by atoms with E-state index >= 15 is 4.39 Å². The van der Waals surface area contributed by atoms with Crippen LogP contribution in [0.1, 0.15) is 24.1 Å². The molecule has 4 heterocycles. The lowest BCUT2D eigenvalue weighted by molar-refractivity contribution is 0.328. The number of pyridine rings is 1.